The number of nitrogens with zero attached hydrogens (tertiary/aromatic N) is 1. The standard InChI is InChI=1S/C17H19ClN2/c1-12(20-16-7-4-10-19-17(16)18)14-9-8-13-5-2-3-6-15(13)11-14/h4,7-12,20H,2-3,5-6H2,1H3. The lowest BCUT2D eigenvalue weighted by Gasteiger charge is -2.21. The molecule has 1 aliphatic rings. The van der Waals surface area contributed by atoms with Gasteiger partial charge in [-0.05, 0) is 61.4 Å². The van der Waals surface area contributed by atoms with Crippen LogP contribution in [0.3, 0.4) is 0 Å². The number of fused-ring (bicyclic) bond motifs is 1. The van der Waals surface area contributed by atoms with E-state index >= 15 is 0 Å². The zero-order valence-corrected chi connectivity index (χ0v) is 12.5. The van der Waals surface area contributed by atoms with Crippen LogP contribution in [0.4, 0.5) is 5.69 Å². The van der Waals surface area contributed by atoms with Gasteiger partial charge in [-0.15, -0.1) is 0 Å². The van der Waals surface area contributed by atoms with Crippen LogP contribution < -0.4 is 5.32 Å². The fourth-order valence-electron chi connectivity index (χ4n) is 2.83. The summed E-state index contributed by atoms with van der Waals surface area (Å²) in [5.41, 5.74) is 5.23. The first-order valence-corrected chi connectivity index (χ1v) is 7.60. The van der Waals surface area contributed by atoms with Gasteiger partial charge in [-0.1, -0.05) is 29.8 Å². The van der Waals surface area contributed by atoms with Crippen molar-refractivity contribution in [2.45, 2.75) is 38.6 Å². The number of rotatable bonds is 3. The molecule has 0 spiro atoms. The third kappa shape index (κ3) is 2.80. The van der Waals surface area contributed by atoms with Gasteiger partial charge in [0.15, 0.2) is 5.15 Å². The molecule has 0 radical (unpaired) electrons. The van der Waals surface area contributed by atoms with Crippen molar-refractivity contribution in [3.8, 4) is 0 Å². The molecule has 3 rings (SSSR count). The van der Waals surface area contributed by atoms with Crippen molar-refractivity contribution >= 4 is 17.3 Å². The second-order valence-electron chi connectivity index (χ2n) is 5.44. The molecule has 104 valence electrons. The zero-order valence-electron chi connectivity index (χ0n) is 11.7. The van der Waals surface area contributed by atoms with Crippen LogP contribution in [0.15, 0.2) is 36.5 Å². The first-order valence-electron chi connectivity index (χ1n) is 7.23. The van der Waals surface area contributed by atoms with Crippen LogP contribution >= 0.6 is 11.6 Å². The summed E-state index contributed by atoms with van der Waals surface area (Å²) >= 11 is 6.10. The third-order valence-electron chi connectivity index (χ3n) is 4.00. The Morgan fingerprint density at radius 1 is 1.15 bits per heavy atom. The summed E-state index contributed by atoms with van der Waals surface area (Å²) in [5, 5.41) is 3.96. The molecule has 20 heavy (non-hydrogen) atoms. The van der Waals surface area contributed by atoms with Gasteiger partial charge >= 0.3 is 0 Å². The summed E-state index contributed by atoms with van der Waals surface area (Å²) in [6.45, 7) is 2.16. The quantitative estimate of drug-likeness (QED) is 0.821. The van der Waals surface area contributed by atoms with Gasteiger partial charge in [-0.25, -0.2) is 4.98 Å². The SMILES string of the molecule is CC(Nc1cccnc1Cl)c1ccc2c(c1)CCCC2. The lowest BCUT2D eigenvalue weighted by atomic mass is 9.89. The number of aromatic nitrogens is 1. The number of nitrogens with one attached hydrogen (secondary N) is 1. The Labute approximate surface area is 125 Å². The maximum Gasteiger partial charge on any atom is 0.152 e. The molecule has 3 heteroatoms. The summed E-state index contributed by atoms with van der Waals surface area (Å²) < 4.78 is 0. The van der Waals surface area contributed by atoms with Crippen LogP contribution in [0.5, 0.6) is 0 Å². The van der Waals surface area contributed by atoms with E-state index in [4.69, 9.17) is 11.6 Å². The number of anilines is 1. The largest absolute Gasteiger partial charge is 0.376 e. The van der Waals surface area contributed by atoms with Gasteiger partial charge in [-0.3, -0.25) is 0 Å². The summed E-state index contributed by atoms with van der Waals surface area (Å²) in [4.78, 5) is 4.10. The van der Waals surface area contributed by atoms with Gasteiger partial charge in [0.1, 0.15) is 0 Å². The fraction of sp³-hybridized carbons (Fsp3) is 0.353. The van der Waals surface area contributed by atoms with Gasteiger partial charge in [0.05, 0.1) is 5.69 Å². The van der Waals surface area contributed by atoms with Crippen molar-refractivity contribution in [1.29, 1.82) is 0 Å². The lowest BCUT2D eigenvalue weighted by molar-refractivity contribution is 0.683. The number of pyridine rings is 1. The first-order chi connectivity index (χ1) is 9.74. The molecule has 1 N–H and O–H groups in total. The van der Waals surface area contributed by atoms with Crippen molar-refractivity contribution in [3.63, 3.8) is 0 Å². The summed E-state index contributed by atoms with van der Waals surface area (Å²) in [7, 11) is 0. The van der Waals surface area contributed by atoms with Gasteiger partial charge in [0.25, 0.3) is 0 Å². The number of aryl methyl sites for hydroxylation is 2. The van der Waals surface area contributed by atoms with Crippen LogP contribution in [-0.4, -0.2) is 4.98 Å². The van der Waals surface area contributed by atoms with E-state index in [2.05, 4.69) is 35.4 Å². The Balaban J connectivity index is 1.80. The monoisotopic (exact) mass is 286 g/mol. The van der Waals surface area contributed by atoms with Crippen LogP contribution in [0.25, 0.3) is 0 Å². The molecule has 0 fully saturated rings. The molecular formula is C17H19ClN2. The molecule has 1 atom stereocenters. The fourth-order valence-corrected chi connectivity index (χ4v) is 3.01. The van der Waals surface area contributed by atoms with Crippen LogP contribution in [0, 0.1) is 0 Å². The maximum atomic E-state index is 6.10. The molecule has 1 aromatic heterocycles. The maximum absolute atomic E-state index is 6.10. The molecule has 0 amide bonds. The van der Waals surface area contributed by atoms with E-state index in [0.717, 1.165) is 5.69 Å². The second-order valence-corrected chi connectivity index (χ2v) is 5.80. The number of hydrogen-bond donors (Lipinski definition) is 1. The predicted molar refractivity (Wildman–Crippen MR) is 84.4 cm³/mol. The molecule has 2 nitrogen and oxygen atoms in total. The van der Waals surface area contributed by atoms with Crippen molar-refractivity contribution in [2.75, 3.05) is 5.32 Å². The number of hydrogen-bond acceptors (Lipinski definition) is 2. The van der Waals surface area contributed by atoms with E-state index < -0.39 is 0 Å². The molecule has 2 aromatic rings. The molecule has 0 bridgehead atoms. The minimum atomic E-state index is 0.226. The molecule has 1 aliphatic carbocycles. The average Bonchev–Trinajstić information content (AvgIpc) is 2.49. The van der Waals surface area contributed by atoms with Crippen molar-refractivity contribution in [2.24, 2.45) is 0 Å². The van der Waals surface area contributed by atoms with Crippen LogP contribution in [0.2, 0.25) is 5.15 Å². The molecule has 1 aromatic carbocycles. The highest BCUT2D eigenvalue weighted by atomic mass is 35.5. The lowest BCUT2D eigenvalue weighted by Crippen LogP contribution is -2.10. The minimum Gasteiger partial charge on any atom is -0.376 e. The Kier molecular flexibility index (Phi) is 3.93. The van der Waals surface area contributed by atoms with Crippen molar-refractivity contribution < 1.29 is 0 Å². The Morgan fingerprint density at radius 2 is 1.95 bits per heavy atom. The van der Waals surface area contributed by atoms with E-state index in [1.165, 1.54) is 42.4 Å². The average molecular weight is 287 g/mol. The van der Waals surface area contributed by atoms with Crippen molar-refractivity contribution in [1.82, 2.24) is 4.98 Å². The Bertz CT molecular complexity index is 610. The summed E-state index contributed by atoms with van der Waals surface area (Å²) in [6, 6.07) is 10.9. The van der Waals surface area contributed by atoms with E-state index in [1.807, 2.05) is 12.1 Å². The molecule has 1 heterocycles. The number of benzene rings is 1. The second kappa shape index (κ2) is 5.84. The Hall–Kier alpha value is -1.54. The number of halogens is 1. The van der Waals surface area contributed by atoms with E-state index in [-0.39, 0.29) is 6.04 Å². The summed E-state index contributed by atoms with van der Waals surface area (Å²) in [5.74, 6) is 0. The topological polar surface area (TPSA) is 24.9 Å². The normalized spacial score (nSPS) is 15.5. The van der Waals surface area contributed by atoms with Gasteiger partial charge in [0.2, 0.25) is 0 Å². The highest BCUT2D eigenvalue weighted by Gasteiger charge is 2.13. The first kappa shape index (κ1) is 13.4. The minimum absolute atomic E-state index is 0.226. The van der Waals surface area contributed by atoms with E-state index in [9.17, 15) is 0 Å². The Morgan fingerprint density at radius 3 is 2.75 bits per heavy atom. The third-order valence-corrected chi connectivity index (χ3v) is 4.30. The highest BCUT2D eigenvalue weighted by molar-refractivity contribution is 6.31. The molecular weight excluding hydrogens is 268 g/mol. The van der Waals surface area contributed by atoms with E-state index in [1.54, 1.807) is 6.20 Å². The van der Waals surface area contributed by atoms with Gasteiger partial charge in [0, 0.05) is 12.2 Å². The molecule has 0 saturated carbocycles. The predicted octanol–water partition coefficient (Wildman–Crippen LogP) is 4.79. The smallest absolute Gasteiger partial charge is 0.152 e. The van der Waals surface area contributed by atoms with Gasteiger partial charge in [-0.2, -0.15) is 0 Å². The van der Waals surface area contributed by atoms with Gasteiger partial charge < -0.3 is 5.32 Å². The van der Waals surface area contributed by atoms with E-state index in [0.29, 0.717) is 5.15 Å². The van der Waals surface area contributed by atoms with Crippen LogP contribution in [0.1, 0.15) is 42.5 Å². The zero-order chi connectivity index (χ0) is 13.9. The molecule has 0 aliphatic heterocycles. The highest BCUT2D eigenvalue weighted by Crippen LogP contribution is 2.28. The van der Waals surface area contributed by atoms with Crippen LogP contribution in [-0.2, 0) is 12.8 Å². The summed E-state index contributed by atoms with van der Waals surface area (Å²) in [6.07, 6.45) is 6.78. The van der Waals surface area contributed by atoms with Crippen molar-refractivity contribution in [3.05, 3.63) is 58.4 Å². The molecule has 0 saturated heterocycles. The molecule has 1 unspecified atom stereocenters.